The molecule has 3 N–H and O–H groups in total. The zero-order valence-corrected chi connectivity index (χ0v) is 8.98. The van der Waals surface area contributed by atoms with Gasteiger partial charge in [0.15, 0.2) is 0 Å². The number of nitrogens with one attached hydrogen (secondary N) is 1. The average Bonchev–Trinajstić information content (AvgIpc) is 2.45. The second-order valence-corrected chi connectivity index (χ2v) is 4.21. The van der Waals surface area contributed by atoms with Crippen molar-refractivity contribution in [3.8, 4) is 0 Å². The summed E-state index contributed by atoms with van der Waals surface area (Å²) in [5.41, 5.74) is 6.75. The van der Waals surface area contributed by atoms with E-state index < -0.39 is 0 Å². The monoisotopic (exact) mass is 208 g/mol. The number of fused-ring (bicyclic) bond motifs is 1. The minimum absolute atomic E-state index is 0.793. The minimum atomic E-state index is 0.793. The molecular weight excluding hydrogens is 196 g/mol. The van der Waals surface area contributed by atoms with Gasteiger partial charge in [0.2, 0.25) is 0 Å². The predicted molar refractivity (Wildman–Crippen MR) is 60.7 cm³/mol. The first kappa shape index (κ1) is 9.21. The molecule has 0 spiro atoms. The van der Waals surface area contributed by atoms with Gasteiger partial charge in [-0.2, -0.15) is 0 Å². The Morgan fingerprint density at radius 1 is 1.50 bits per heavy atom. The van der Waals surface area contributed by atoms with Gasteiger partial charge in [0, 0.05) is 11.4 Å². The highest BCUT2D eigenvalue weighted by Crippen LogP contribution is 2.34. The fourth-order valence-corrected chi connectivity index (χ4v) is 2.28. The van der Waals surface area contributed by atoms with Crippen LogP contribution in [0, 0.1) is 6.92 Å². The highest BCUT2D eigenvalue weighted by atomic mass is 32.1. The lowest BCUT2D eigenvalue weighted by molar-refractivity contribution is 1.15. The molecule has 4 nitrogen and oxygen atoms in total. The van der Waals surface area contributed by atoms with Crippen molar-refractivity contribution < 1.29 is 0 Å². The fourth-order valence-electron chi connectivity index (χ4n) is 1.37. The molecule has 74 valence electrons. The second-order valence-electron chi connectivity index (χ2n) is 3.00. The summed E-state index contributed by atoms with van der Waals surface area (Å²) in [5.74, 6) is 0.833. The van der Waals surface area contributed by atoms with E-state index in [9.17, 15) is 0 Å². The van der Waals surface area contributed by atoms with E-state index in [-0.39, 0.29) is 0 Å². The number of aromatic nitrogens is 2. The number of anilines is 2. The van der Waals surface area contributed by atoms with Crippen LogP contribution in [0.25, 0.3) is 10.2 Å². The molecule has 0 saturated heterocycles. The molecule has 0 radical (unpaired) electrons. The SMILES string of the molecule is CCNc1ncnc2sc(C)c(N)c12. The minimum Gasteiger partial charge on any atom is -0.397 e. The molecule has 0 fully saturated rings. The largest absolute Gasteiger partial charge is 0.397 e. The highest BCUT2D eigenvalue weighted by molar-refractivity contribution is 7.19. The third kappa shape index (κ3) is 1.29. The van der Waals surface area contributed by atoms with Crippen LogP contribution >= 0.6 is 11.3 Å². The normalized spacial score (nSPS) is 10.7. The Hall–Kier alpha value is -1.36. The Morgan fingerprint density at radius 3 is 3.00 bits per heavy atom. The molecule has 2 heterocycles. The van der Waals surface area contributed by atoms with E-state index >= 15 is 0 Å². The maximum absolute atomic E-state index is 5.96. The van der Waals surface area contributed by atoms with Gasteiger partial charge < -0.3 is 11.1 Å². The number of nitrogen functional groups attached to an aromatic ring is 1. The van der Waals surface area contributed by atoms with Gasteiger partial charge in [-0.15, -0.1) is 11.3 Å². The van der Waals surface area contributed by atoms with Crippen molar-refractivity contribution in [2.75, 3.05) is 17.6 Å². The number of nitrogens with two attached hydrogens (primary N) is 1. The van der Waals surface area contributed by atoms with Crippen molar-refractivity contribution in [1.82, 2.24) is 9.97 Å². The molecule has 0 aromatic carbocycles. The maximum Gasteiger partial charge on any atom is 0.140 e. The summed E-state index contributed by atoms with van der Waals surface area (Å²) in [6.45, 7) is 4.86. The number of aryl methyl sites for hydroxylation is 1. The van der Waals surface area contributed by atoms with E-state index in [2.05, 4.69) is 15.3 Å². The molecule has 0 saturated carbocycles. The molecule has 2 rings (SSSR count). The van der Waals surface area contributed by atoms with Gasteiger partial charge in [0.1, 0.15) is 17.0 Å². The number of nitrogens with zero attached hydrogens (tertiary/aromatic N) is 2. The molecule has 0 aliphatic rings. The van der Waals surface area contributed by atoms with Crippen LogP contribution < -0.4 is 11.1 Å². The summed E-state index contributed by atoms with van der Waals surface area (Å²) >= 11 is 1.60. The maximum atomic E-state index is 5.96. The van der Waals surface area contributed by atoms with E-state index in [1.54, 1.807) is 17.7 Å². The first-order valence-electron chi connectivity index (χ1n) is 4.47. The fraction of sp³-hybridized carbons (Fsp3) is 0.333. The van der Waals surface area contributed by atoms with Gasteiger partial charge in [-0.1, -0.05) is 0 Å². The lowest BCUT2D eigenvalue weighted by atomic mass is 10.3. The highest BCUT2D eigenvalue weighted by Gasteiger charge is 2.11. The summed E-state index contributed by atoms with van der Waals surface area (Å²) in [6, 6.07) is 0. The summed E-state index contributed by atoms with van der Waals surface area (Å²) in [5, 5.41) is 4.14. The van der Waals surface area contributed by atoms with Crippen molar-refractivity contribution in [2.24, 2.45) is 0 Å². The van der Waals surface area contributed by atoms with Crippen LogP contribution in [0.5, 0.6) is 0 Å². The van der Waals surface area contributed by atoms with Crippen molar-refractivity contribution in [1.29, 1.82) is 0 Å². The molecule has 0 aliphatic carbocycles. The standard InChI is InChI=1S/C9H12N4S/c1-3-11-8-6-7(10)5(2)14-9(6)13-4-12-8/h4H,3,10H2,1-2H3,(H,11,12,13). The van der Waals surface area contributed by atoms with Crippen LogP contribution in [0.4, 0.5) is 11.5 Å². The first-order valence-corrected chi connectivity index (χ1v) is 5.29. The van der Waals surface area contributed by atoms with E-state index in [0.717, 1.165) is 33.1 Å². The average molecular weight is 208 g/mol. The molecule has 0 amide bonds. The van der Waals surface area contributed by atoms with Crippen LogP contribution in [0.2, 0.25) is 0 Å². The van der Waals surface area contributed by atoms with E-state index in [0.29, 0.717) is 0 Å². The summed E-state index contributed by atoms with van der Waals surface area (Å²) in [6.07, 6.45) is 1.57. The van der Waals surface area contributed by atoms with Crippen LogP contribution in [0.3, 0.4) is 0 Å². The molecule has 0 bridgehead atoms. The number of hydrogen-bond donors (Lipinski definition) is 2. The zero-order chi connectivity index (χ0) is 10.1. The summed E-state index contributed by atoms with van der Waals surface area (Å²) < 4.78 is 0. The van der Waals surface area contributed by atoms with Crippen LogP contribution in [0.1, 0.15) is 11.8 Å². The van der Waals surface area contributed by atoms with E-state index in [1.807, 2.05) is 13.8 Å². The third-order valence-corrected chi connectivity index (χ3v) is 3.08. The van der Waals surface area contributed by atoms with E-state index in [1.165, 1.54) is 0 Å². The Labute approximate surface area is 86.2 Å². The molecule has 0 atom stereocenters. The lowest BCUT2D eigenvalue weighted by Crippen LogP contribution is -2.00. The van der Waals surface area contributed by atoms with E-state index in [4.69, 9.17) is 5.73 Å². The van der Waals surface area contributed by atoms with Crippen LogP contribution in [-0.2, 0) is 0 Å². The molecule has 2 aromatic heterocycles. The number of hydrogen-bond acceptors (Lipinski definition) is 5. The quantitative estimate of drug-likeness (QED) is 0.792. The predicted octanol–water partition coefficient (Wildman–Crippen LogP) is 2.01. The smallest absolute Gasteiger partial charge is 0.140 e. The molecule has 0 unspecified atom stereocenters. The van der Waals surface area contributed by atoms with Gasteiger partial charge in [-0.25, -0.2) is 9.97 Å². The van der Waals surface area contributed by atoms with Gasteiger partial charge in [-0.05, 0) is 13.8 Å². The third-order valence-electron chi connectivity index (χ3n) is 2.06. The Kier molecular flexibility index (Phi) is 2.25. The van der Waals surface area contributed by atoms with Gasteiger partial charge >= 0.3 is 0 Å². The Balaban J connectivity index is 2.71. The first-order chi connectivity index (χ1) is 6.74. The van der Waals surface area contributed by atoms with Gasteiger partial charge in [0.05, 0.1) is 11.1 Å². The van der Waals surface area contributed by atoms with Crippen molar-refractivity contribution in [2.45, 2.75) is 13.8 Å². The zero-order valence-electron chi connectivity index (χ0n) is 8.16. The second kappa shape index (κ2) is 3.42. The molecule has 0 aliphatic heterocycles. The van der Waals surface area contributed by atoms with Crippen molar-refractivity contribution in [3.63, 3.8) is 0 Å². The molecule has 2 aromatic rings. The van der Waals surface area contributed by atoms with Gasteiger partial charge in [-0.3, -0.25) is 0 Å². The summed E-state index contributed by atoms with van der Waals surface area (Å²) in [4.78, 5) is 10.4. The van der Waals surface area contributed by atoms with Crippen molar-refractivity contribution >= 4 is 33.1 Å². The lowest BCUT2D eigenvalue weighted by Gasteiger charge is -2.03. The van der Waals surface area contributed by atoms with Gasteiger partial charge in [0.25, 0.3) is 0 Å². The topological polar surface area (TPSA) is 63.8 Å². The van der Waals surface area contributed by atoms with Crippen molar-refractivity contribution in [3.05, 3.63) is 11.2 Å². The Bertz CT molecular complexity index is 463. The van der Waals surface area contributed by atoms with Crippen LogP contribution in [0.15, 0.2) is 6.33 Å². The number of rotatable bonds is 2. The van der Waals surface area contributed by atoms with Crippen LogP contribution in [-0.4, -0.2) is 16.5 Å². The summed E-state index contributed by atoms with van der Waals surface area (Å²) in [7, 11) is 0. The Morgan fingerprint density at radius 2 is 2.29 bits per heavy atom. The molecule has 5 heteroatoms. The molecular formula is C9H12N4S. The molecule has 14 heavy (non-hydrogen) atoms. The number of thiophene rings is 1.